The first-order valence-corrected chi connectivity index (χ1v) is 6.91. The van der Waals surface area contributed by atoms with Crippen LogP contribution in [0.1, 0.15) is 39.0 Å². The molecule has 2 rings (SSSR count). The van der Waals surface area contributed by atoms with Crippen LogP contribution >= 0.6 is 12.4 Å². The van der Waals surface area contributed by atoms with Gasteiger partial charge in [-0.3, -0.25) is 0 Å². The molecule has 1 unspecified atom stereocenters. The molecule has 1 N–H and O–H groups in total. The molecule has 18 heavy (non-hydrogen) atoms. The Morgan fingerprint density at radius 3 is 2.61 bits per heavy atom. The molecule has 2 fully saturated rings. The molecule has 0 radical (unpaired) electrons. The molecule has 0 spiro atoms. The highest BCUT2D eigenvalue weighted by atomic mass is 35.5. The minimum atomic E-state index is -0.121. The lowest BCUT2D eigenvalue weighted by molar-refractivity contribution is 0.0782. The van der Waals surface area contributed by atoms with Crippen LogP contribution in [0, 0.1) is 5.92 Å². The van der Waals surface area contributed by atoms with Crippen LogP contribution in [-0.2, 0) is 4.74 Å². The predicted molar refractivity (Wildman–Crippen MR) is 74.2 cm³/mol. The molecule has 5 heteroatoms. The van der Waals surface area contributed by atoms with Gasteiger partial charge in [-0.25, -0.2) is 4.79 Å². The summed E-state index contributed by atoms with van der Waals surface area (Å²) in [5.41, 5.74) is 0. The van der Waals surface area contributed by atoms with E-state index in [1.165, 1.54) is 12.8 Å². The molecular weight excluding hydrogens is 252 g/mol. The first-order chi connectivity index (χ1) is 8.25. The average molecular weight is 277 g/mol. The van der Waals surface area contributed by atoms with E-state index in [0.29, 0.717) is 12.6 Å². The van der Waals surface area contributed by atoms with E-state index in [1.54, 1.807) is 0 Å². The molecule has 2 aliphatic heterocycles. The van der Waals surface area contributed by atoms with Crippen LogP contribution in [0.5, 0.6) is 0 Å². The van der Waals surface area contributed by atoms with Crippen LogP contribution in [0.4, 0.5) is 4.79 Å². The number of nitrogens with zero attached hydrogens (tertiary/aromatic N) is 1. The molecule has 1 atom stereocenters. The van der Waals surface area contributed by atoms with Gasteiger partial charge < -0.3 is 15.0 Å². The highest BCUT2D eigenvalue weighted by molar-refractivity contribution is 5.85. The molecule has 0 saturated carbocycles. The Morgan fingerprint density at radius 2 is 2.00 bits per heavy atom. The van der Waals surface area contributed by atoms with Crippen molar-refractivity contribution >= 4 is 18.5 Å². The van der Waals surface area contributed by atoms with Crippen molar-refractivity contribution in [3.05, 3.63) is 0 Å². The number of nitrogens with one attached hydrogen (secondary N) is 1. The van der Waals surface area contributed by atoms with Crippen molar-refractivity contribution in [3.63, 3.8) is 0 Å². The molecule has 0 aromatic heterocycles. The SMILES string of the molecule is CC1CCN(C(=O)OCC2CCCCN2)CC1.Cl. The van der Waals surface area contributed by atoms with Gasteiger partial charge in [0.05, 0.1) is 0 Å². The maximum Gasteiger partial charge on any atom is 0.409 e. The molecule has 106 valence electrons. The Labute approximate surface area is 116 Å². The lowest BCUT2D eigenvalue weighted by Gasteiger charge is -2.30. The van der Waals surface area contributed by atoms with E-state index in [1.807, 2.05) is 4.90 Å². The van der Waals surface area contributed by atoms with Crippen molar-refractivity contribution in [2.24, 2.45) is 5.92 Å². The summed E-state index contributed by atoms with van der Waals surface area (Å²) in [6.45, 7) is 5.55. The van der Waals surface area contributed by atoms with Gasteiger partial charge in [0.1, 0.15) is 6.61 Å². The van der Waals surface area contributed by atoms with E-state index in [2.05, 4.69) is 12.2 Å². The first-order valence-electron chi connectivity index (χ1n) is 6.91. The first kappa shape index (κ1) is 15.6. The number of piperidine rings is 2. The largest absolute Gasteiger partial charge is 0.448 e. The summed E-state index contributed by atoms with van der Waals surface area (Å²) in [5.74, 6) is 0.749. The second-order valence-corrected chi connectivity index (χ2v) is 5.39. The lowest BCUT2D eigenvalue weighted by Crippen LogP contribution is -2.42. The highest BCUT2D eigenvalue weighted by Crippen LogP contribution is 2.16. The van der Waals surface area contributed by atoms with Gasteiger partial charge in [-0.1, -0.05) is 13.3 Å². The van der Waals surface area contributed by atoms with Crippen molar-refractivity contribution in [2.75, 3.05) is 26.2 Å². The second kappa shape index (κ2) is 7.85. The Kier molecular flexibility index (Phi) is 6.79. The van der Waals surface area contributed by atoms with Gasteiger partial charge in [0.15, 0.2) is 0 Å². The van der Waals surface area contributed by atoms with Crippen LogP contribution in [0.25, 0.3) is 0 Å². The van der Waals surface area contributed by atoms with E-state index in [4.69, 9.17) is 4.74 Å². The molecule has 1 amide bonds. The summed E-state index contributed by atoms with van der Waals surface area (Å²) in [5, 5.41) is 3.39. The molecule has 0 aromatic rings. The summed E-state index contributed by atoms with van der Waals surface area (Å²) in [4.78, 5) is 13.7. The van der Waals surface area contributed by atoms with Gasteiger partial charge in [-0.15, -0.1) is 12.4 Å². The zero-order chi connectivity index (χ0) is 12.1. The van der Waals surface area contributed by atoms with Crippen molar-refractivity contribution in [1.29, 1.82) is 0 Å². The molecule has 2 aliphatic rings. The Hall–Kier alpha value is -0.480. The topological polar surface area (TPSA) is 41.6 Å². The third kappa shape index (κ3) is 4.65. The maximum absolute atomic E-state index is 11.8. The summed E-state index contributed by atoms with van der Waals surface area (Å²) < 4.78 is 5.38. The number of amides is 1. The van der Waals surface area contributed by atoms with E-state index < -0.39 is 0 Å². The van der Waals surface area contributed by atoms with Crippen molar-refractivity contribution in [3.8, 4) is 0 Å². The Morgan fingerprint density at radius 1 is 1.28 bits per heavy atom. The van der Waals surface area contributed by atoms with E-state index >= 15 is 0 Å². The number of carbonyl (C=O) groups is 1. The number of rotatable bonds is 2. The molecule has 0 aromatic carbocycles. The molecule has 2 saturated heterocycles. The minimum Gasteiger partial charge on any atom is -0.448 e. The van der Waals surface area contributed by atoms with E-state index in [-0.39, 0.29) is 18.5 Å². The molecule has 4 nitrogen and oxygen atoms in total. The summed E-state index contributed by atoms with van der Waals surface area (Å²) in [6.07, 6.45) is 5.72. The highest BCUT2D eigenvalue weighted by Gasteiger charge is 2.22. The fraction of sp³-hybridized carbons (Fsp3) is 0.923. The minimum absolute atomic E-state index is 0. The Bertz CT molecular complexity index is 249. The molecular formula is C13H25ClN2O2. The fourth-order valence-corrected chi connectivity index (χ4v) is 2.52. The third-order valence-corrected chi connectivity index (χ3v) is 3.86. The number of ether oxygens (including phenoxy) is 1. The average Bonchev–Trinajstić information content (AvgIpc) is 2.38. The number of halogens is 1. The van der Waals surface area contributed by atoms with Gasteiger partial charge in [-0.05, 0) is 38.1 Å². The van der Waals surface area contributed by atoms with E-state index in [0.717, 1.165) is 44.8 Å². The quantitative estimate of drug-likeness (QED) is 0.842. The van der Waals surface area contributed by atoms with Crippen molar-refractivity contribution in [1.82, 2.24) is 10.2 Å². The van der Waals surface area contributed by atoms with Gasteiger partial charge in [0.25, 0.3) is 0 Å². The number of likely N-dealkylation sites (tertiary alicyclic amines) is 1. The fourth-order valence-electron chi connectivity index (χ4n) is 2.52. The van der Waals surface area contributed by atoms with Gasteiger partial charge in [-0.2, -0.15) is 0 Å². The van der Waals surface area contributed by atoms with Crippen LogP contribution < -0.4 is 5.32 Å². The second-order valence-electron chi connectivity index (χ2n) is 5.39. The standard InChI is InChI=1S/C13H24N2O2.ClH/c1-11-5-8-15(9-6-11)13(16)17-10-12-4-2-3-7-14-12;/h11-12,14H,2-10H2,1H3;1H. The zero-order valence-electron chi connectivity index (χ0n) is 11.2. The lowest BCUT2D eigenvalue weighted by atomic mass is 10.00. The number of carbonyl (C=O) groups excluding carboxylic acids is 1. The smallest absolute Gasteiger partial charge is 0.409 e. The normalized spacial score (nSPS) is 25.4. The summed E-state index contributed by atoms with van der Waals surface area (Å²) in [7, 11) is 0. The molecule has 2 heterocycles. The van der Waals surface area contributed by atoms with Crippen LogP contribution in [0.3, 0.4) is 0 Å². The van der Waals surface area contributed by atoms with Crippen LogP contribution in [-0.4, -0.2) is 43.3 Å². The summed E-state index contributed by atoms with van der Waals surface area (Å²) in [6, 6.07) is 0.372. The zero-order valence-corrected chi connectivity index (χ0v) is 12.0. The third-order valence-electron chi connectivity index (χ3n) is 3.86. The van der Waals surface area contributed by atoms with Crippen molar-refractivity contribution < 1.29 is 9.53 Å². The van der Waals surface area contributed by atoms with Crippen molar-refractivity contribution in [2.45, 2.75) is 45.1 Å². The number of hydrogen-bond donors (Lipinski definition) is 1. The molecule has 0 bridgehead atoms. The van der Waals surface area contributed by atoms with Gasteiger partial charge in [0, 0.05) is 19.1 Å². The van der Waals surface area contributed by atoms with Gasteiger partial charge >= 0.3 is 6.09 Å². The maximum atomic E-state index is 11.8. The van der Waals surface area contributed by atoms with Crippen LogP contribution in [0.15, 0.2) is 0 Å². The Balaban J connectivity index is 0.00000162. The van der Waals surface area contributed by atoms with E-state index in [9.17, 15) is 4.79 Å². The monoisotopic (exact) mass is 276 g/mol. The van der Waals surface area contributed by atoms with Gasteiger partial charge in [0.2, 0.25) is 0 Å². The molecule has 0 aliphatic carbocycles. The van der Waals surface area contributed by atoms with Crippen LogP contribution in [0.2, 0.25) is 0 Å². The predicted octanol–water partition coefficient (Wildman–Crippen LogP) is 2.42. The number of hydrogen-bond acceptors (Lipinski definition) is 3. The summed E-state index contributed by atoms with van der Waals surface area (Å²) >= 11 is 0.